The van der Waals surface area contributed by atoms with E-state index >= 15 is 0 Å². The predicted octanol–water partition coefficient (Wildman–Crippen LogP) is 2.09. The van der Waals surface area contributed by atoms with Crippen LogP contribution in [0.3, 0.4) is 0 Å². The smallest absolute Gasteiger partial charge is 0.323 e. The van der Waals surface area contributed by atoms with Gasteiger partial charge in [-0.05, 0) is 19.1 Å². The summed E-state index contributed by atoms with van der Waals surface area (Å²) in [5.41, 5.74) is 0.907. The van der Waals surface area contributed by atoms with Crippen LogP contribution in [0.15, 0.2) is 24.3 Å². The molecule has 2 rings (SSSR count). The van der Waals surface area contributed by atoms with Gasteiger partial charge in [0.2, 0.25) is 11.9 Å². The monoisotopic (exact) mass is 289 g/mol. The topological polar surface area (TPSA) is 72.4 Å². The third-order valence-corrected chi connectivity index (χ3v) is 2.84. The van der Waals surface area contributed by atoms with Crippen molar-refractivity contribution in [1.82, 2.24) is 15.0 Å². The van der Waals surface area contributed by atoms with Gasteiger partial charge in [0.1, 0.15) is 5.75 Å². The Hall–Kier alpha value is -2.57. The van der Waals surface area contributed by atoms with Crippen molar-refractivity contribution in [2.45, 2.75) is 6.92 Å². The van der Waals surface area contributed by atoms with Crippen LogP contribution in [0.25, 0.3) is 0 Å². The van der Waals surface area contributed by atoms with E-state index in [4.69, 9.17) is 9.47 Å². The van der Waals surface area contributed by atoms with Crippen LogP contribution in [0.5, 0.6) is 11.8 Å². The molecule has 0 aliphatic carbocycles. The van der Waals surface area contributed by atoms with Crippen LogP contribution < -0.4 is 19.7 Å². The van der Waals surface area contributed by atoms with Gasteiger partial charge in [-0.25, -0.2) is 0 Å². The van der Waals surface area contributed by atoms with Crippen LogP contribution in [0.2, 0.25) is 0 Å². The van der Waals surface area contributed by atoms with E-state index in [0.29, 0.717) is 24.5 Å². The Morgan fingerprint density at radius 2 is 2.05 bits per heavy atom. The Morgan fingerprint density at radius 3 is 2.71 bits per heavy atom. The number of nitrogens with zero attached hydrogens (tertiary/aromatic N) is 4. The number of hydrogen-bond donors (Lipinski definition) is 1. The second-order valence-corrected chi connectivity index (χ2v) is 4.19. The van der Waals surface area contributed by atoms with E-state index in [1.807, 2.05) is 43.1 Å². The molecule has 7 nitrogen and oxygen atoms in total. The van der Waals surface area contributed by atoms with Crippen molar-refractivity contribution >= 4 is 17.6 Å². The molecule has 0 saturated carbocycles. The van der Waals surface area contributed by atoms with Gasteiger partial charge >= 0.3 is 6.01 Å². The molecule has 0 aliphatic rings. The second-order valence-electron chi connectivity index (χ2n) is 4.19. The van der Waals surface area contributed by atoms with Gasteiger partial charge < -0.3 is 19.7 Å². The van der Waals surface area contributed by atoms with Gasteiger partial charge in [-0.3, -0.25) is 0 Å². The number of ether oxygens (including phenoxy) is 2. The zero-order valence-electron chi connectivity index (χ0n) is 12.6. The molecule has 0 saturated heterocycles. The summed E-state index contributed by atoms with van der Waals surface area (Å²) in [4.78, 5) is 14.6. The van der Waals surface area contributed by atoms with Crippen LogP contribution in [0.1, 0.15) is 6.92 Å². The predicted molar refractivity (Wildman–Crippen MR) is 81.6 cm³/mol. The number of anilines is 3. The Bertz CT molecular complexity index is 606. The molecule has 0 unspecified atom stereocenters. The number of benzene rings is 1. The van der Waals surface area contributed by atoms with E-state index in [9.17, 15) is 0 Å². The van der Waals surface area contributed by atoms with E-state index in [0.717, 1.165) is 11.4 Å². The molecule has 1 aromatic heterocycles. The molecule has 1 heterocycles. The molecule has 1 N–H and O–H groups in total. The number of hydrogen-bond acceptors (Lipinski definition) is 7. The van der Waals surface area contributed by atoms with Crippen molar-refractivity contribution in [3.63, 3.8) is 0 Å². The van der Waals surface area contributed by atoms with E-state index in [2.05, 4.69) is 20.3 Å². The zero-order chi connectivity index (χ0) is 15.2. The maximum absolute atomic E-state index is 5.37. The summed E-state index contributed by atoms with van der Waals surface area (Å²) in [5.74, 6) is 1.72. The largest absolute Gasteiger partial charge is 0.497 e. The van der Waals surface area contributed by atoms with Crippen molar-refractivity contribution in [2.75, 3.05) is 38.0 Å². The Balaban J connectivity index is 2.36. The van der Waals surface area contributed by atoms with E-state index in [1.54, 1.807) is 14.2 Å². The highest BCUT2D eigenvalue weighted by molar-refractivity contribution is 5.59. The minimum Gasteiger partial charge on any atom is -0.497 e. The highest BCUT2D eigenvalue weighted by Crippen LogP contribution is 2.25. The lowest BCUT2D eigenvalue weighted by atomic mass is 10.3. The fourth-order valence-electron chi connectivity index (χ4n) is 1.74. The lowest BCUT2D eigenvalue weighted by Crippen LogP contribution is -2.15. The number of methoxy groups -OCH3 is 1. The first-order valence-corrected chi connectivity index (χ1v) is 6.62. The van der Waals surface area contributed by atoms with Gasteiger partial charge in [0.05, 0.1) is 13.7 Å². The lowest BCUT2D eigenvalue weighted by Gasteiger charge is -2.18. The maximum atomic E-state index is 5.37. The fourth-order valence-corrected chi connectivity index (χ4v) is 1.74. The molecule has 0 spiro atoms. The zero-order valence-corrected chi connectivity index (χ0v) is 12.6. The van der Waals surface area contributed by atoms with Gasteiger partial charge in [0.15, 0.2) is 0 Å². The molecule has 0 bridgehead atoms. The molecule has 0 atom stereocenters. The van der Waals surface area contributed by atoms with Gasteiger partial charge in [0.25, 0.3) is 0 Å². The first kappa shape index (κ1) is 14.8. The summed E-state index contributed by atoms with van der Waals surface area (Å²) >= 11 is 0. The molecular formula is C14H19N5O2. The second kappa shape index (κ2) is 6.74. The molecule has 112 valence electrons. The van der Waals surface area contributed by atoms with E-state index in [1.165, 1.54) is 0 Å². The minimum atomic E-state index is 0.293. The maximum Gasteiger partial charge on any atom is 0.323 e. The molecule has 0 aliphatic heterocycles. The van der Waals surface area contributed by atoms with Crippen LogP contribution >= 0.6 is 0 Å². The summed E-state index contributed by atoms with van der Waals surface area (Å²) in [5, 5.41) is 2.90. The normalized spacial score (nSPS) is 10.1. The summed E-state index contributed by atoms with van der Waals surface area (Å²) < 4.78 is 10.6. The van der Waals surface area contributed by atoms with Gasteiger partial charge in [-0.2, -0.15) is 15.0 Å². The standard InChI is InChI=1S/C14H19N5O2/c1-5-21-14-17-12(15-2)16-13(18-14)19(3)10-7-6-8-11(9-10)20-4/h6-9H,5H2,1-4H3,(H,15,16,17,18). The van der Waals surface area contributed by atoms with Crippen molar-refractivity contribution in [3.8, 4) is 11.8 Å². The molecule has 2 aromatic rings. The molecule has 1 aromatic carbocycles. The van der Waals surface area contributed by atoms with Crippen molar-refractivity contribution in [3.05, 3.63) is 24.3 Å². The highest BCUT2D eigenvalue weighted by atomic mass is 16.5. The Labute approximate surface area is 124 Å². The first-order chi connectivity index (χ1) is 10.2. The summed E-state index contributed by atoms with van der Waals surface area (Å²) in [6.07, 6.45) is 0. The van der Waals surface area contributed by atoms with Gasteiger partial charge in [0, 0.05) is 25.8 Å². The average Bonchev–Trinajstić information content (AvgIpc) is 2.54. The van der Waals surface area contributed by atoms with Crippen LogP contribution in [0, 0.1) is 0 Å². The number of aromatic nitrogens is 3. The molecule has 0 fully saturated rings. The minimum absolute atomic E-state index is 0.293. The third kappa shape index (κ3) is 3.50. The number of nitrogens with one attached hydrogen (secondary N) is 1. The highest BCUT2D eigenvalue weighted by Gasteiger charge is 2.12. The fraction of sp³-hybridized carbons (Fsp3) is 0.357. The van der Waals surface area contributed by atoms with Crippen LogP contribution in [-0.4, -0.2) is 42.8 Å². The van der Waals surface area contributed by atoms with Gasteiger partial charge in [-0.1, -0.05) is 6.07 Å². The Morgan fingerprint density at radius 1 is 1.24 bits per heavy atom. The summed E-state index contributed by atoms with van der Waals surface area (Å²) in [6.45, 7) is 2.38. The Kier molecular flexibility index (Phi) is 4.76. The average molecular weight is 289 g/mol. The first-order valence-electron chi connectivity index (χ1n) is 6.62. The molecular weight excluding hydrogens is 270 g/mol. The van der Waals surface area contributed by atoms with Crippen molar-refractivity contribution in [1.29, 1.82) is 0 Å². The number of rotatable bonds is 6. The quantitative estimate of drug-likeness (QED) is 0.872. The van der Waals surface area contributed by atoms with Crippen molar-refractivity contribution in [2.24, 2.45) is 0 Å². The van der Waals surface area contributed by atoms with Crippen molar-refractivity contribution < 1.29 is 9.47 Å². The molecule has 0 radical (unpaired) electrons. The molecule has 21 heavy (non-hydrogen) atoms. The summed E-state index contributed by atoms with van der Waals surface area (Å²) in [7, 11) is 5.26. The van der Waals surface area contributed by atoms with Crippen LogP contribution in [-0.2, 0) is 0 Å². The molecule has 7 heteroatoms. The SMILES string of the molecule is CCOc1nc(NC)nc(N(C)c2cccc(OC)c2)n1. The van der Waals surface area contributed by atoms with Gasteiger partial charge in [-0.15, -0.1) is 0 Å². The van der Waals surface area contributed by atoms with E-state index in [-0.39, 0.29) is 0 Å². The van der Waals surface area contributed by atoms with Crippen LogP contribution in [0.4, 0.5) is 17.6 Å². The van der Waals surface area contributed by atoms with E-state index < -0.39 is 0 Å². The summed E-state index contributed by atoms with van der Waals surface area (Å²) in [6, 6.07) is 7.94. The lowest BCUT2D eigenvalue weighted by molar-refractivity contribution is 0.312. The molecule has 0 amide bonds. The third-order valence-electron chi connectivity index (χ3n) is 2.84.